The SMILES string of the molecule is Cc1ccc(NCC(C)C2CC2)nc1. The third kappa shape index (κ3) is 2.47. The van der Waals surface area contributed by atoms with E-state index in [4.69, 9.17) is 0 Å². The van der Waals surface area contributed by atoms with E-state index in [1.807, 2.05) is 6.20 Å². The summed E-state index contributed by atoms with van der Waals surface area (Å²) in [5, 5.41) is 3.38. The van der Waals surface area contributed by atoms with E-state index in [0.29, 0.717) is 0 Å². The first-order valence-corrected chi connectivity index (χ1v) is 5.42. The number of pyridine rings is 1. The molecule has 1 aromatic rings. The molecule has 0 aliphatic heterocycles. The summed E-state index contributed by atoms with van der Waals surface area (Å²) >= 11 is 0. The van der Waals surface area contributed by atoms with Crippen LogP contribution in [-0.4, -0.2) is 11.5 Å². The van der Waals surface area contributed by atoms with E-state index in [2.05, 4.69) is 36.3 Å². The molecular formula is C12H18N2. The number of aryl methyl sites for hydroxylation is 1. The first-order chi connectivity index (χ1) is 6.75. The molecule has 1 aromatic heterocycles. The normalized spacial score (nSPS) is 17.9. The molecule has 14 heavy (non-hydrogen) atoms. The molecule has 1 atom stereocenters. The summed E-state index contributed by atoms with van der Waals surface area (Å²) in [6.45, 7) is 5.43. The minimum absolute atomic E-state index is 0.790. The second-order valence-electron chi connectivity index (χ2n) is 4.42. The summed E-state index contributed by atoms with van der Waals surface area (Å²) in [5.41, 5.74) is 1.21. The van der Waals surface area contributed by atoms with Crippen molar-refractivity contribution in [3.8, 4) is 0 Å². The number of hydrogen-bond donors (Lipinski definition) is 1. The molecule has 2 rings (SSSR count). The summed E-state index contributed by atoms with van der Waals surface area (Å²) in [7, 11) is 0. The van der Waals surface area contributed by atoms with Gasteiger partial charge in [-0.3, -0.25) is 0 Å². The second kappa shape index (κ2) is 3.99. The van der Waals surface area contributed by atoms with E-state index in [9.17, 15) is 0 Å². The van der Waals surface area contributed by atoms with Gasteiger partial charge >= 0.3 is 0 Å². The minimum Gasteiger partial charge on any atom is -0.370 e. The lowest BCUT2D eigenvalue weighted by Crippen LogP contribution is -2.13. The Hall–Kier alpha value is -1.05. The third-order valence-electron chi connectivity index (χ3n) is 2.94. The summed E-state index contributed by atoms with van der Waals surface area (Å²) < 4.78 is 0. The average Bonchev–Trinajstić information content (AvgIpc) is 3.00. The van der Waals surface area contributed by atoms with Gasteiger partial charge in [-0.05, 0) is 43.2 Å². The van der Waals surface area contributed by atoms with Gasteiger partial charge in [-0.25, -0.2) is 4.98 Å². The molecule has 1 unspecified atom stereocenters. The molecule has 1 fully saturated rings. The zero-order chi connectivity index (χ0) is 9.97. The highest BCUT2D eigenvalue weighted by atomic mass is 15.0. The van der Waals surface area contributed by atoms with Crippen molar-refractivity contribution in [2.45, 2.75) is 26.7 Å². The van der Waals surface area contributed by atoms with Crippen LogP contribution in [0.3, 0.4) is 0 Å². The monoisotopic (exact) mass is 190 g/mol. The van der Waals surface area contributed by atoms with Gasteiger partial charge in [-0.2, -0.15) is 0 Å². The number of hydrogen-bond acceptors (Lipinski definition) is 2. The van der Waals surface area contributed by atoms with Crippen LogP contribution in [0, 0.1) is 18.8 Å². The molecule has 1 aliphatic rings. The zero-order valence-corrected chi connectivity index (χ0v) is 8.96. The highest BCUT2D eigenvalue weighted by Crippen LogP contribution is 2.36. The van der Waals surface area contributed by atoms with Crippen molar-refractivity contribution < 1.29 is 0 Å². The first-order valence-electron chi connectivity index (χ1n) is 5.42. The maximum absolute atomic E-state index is 4.32. The molecule has 1 saturated carbocycles. The lowest BCUT2D eigenvalue weighted by atomic mass is 10.1. The fourth-order valence-electron chi connectivity index (χ4n) is 1.67. The van der Waals surface area contributed by atoms with Crippen LogP contribution in [0.1, 0.15) is 25.3 Å². The predicted octanol–water partition coefficient (Wildman–Crippen LogP) is 2.85. The molecule has 0 bridgehead atoms. The number of aromatic nitrogens is 1. The van der Waals surface area contributed by atoms with Crippen molar-refractivity contribution in [3.05, 3.63) is 23.9 Å². The molecule has 0 spiro atoms. The van der Waals surface area contributed by atoms with E-state index in [0.717, 1.165) is 24.2 Å². The van der Waals surface area contributed by atoms with Gasteiger partial charge in [-0.1, -0.05) is 13.0 Å². The maximum Gasteiger partial charge on any atom is 0.125 e. The van der Waals surface area contributed by atoms with Crippen LogP contribution in [0.2, 0.25) is 0 Å². The maximum atomic E-state index is 4.32. The Bertz CT molecular complexity index is 288. The lowest BCUT2D eigenvalue weighted by molar-refractivity contribution is 0.536. The average molecular weight is 190 g/mol. The van der Waals surface area contributed by atoms with Crippen LogP contribution in [0.25, 0.3) is 0 Å². The van der Waals surface area contributed by atoms with E-state index in [-0.39, 0.29) is 0 Å². The Labute approximate surface area is 85.7 Å². The fraction of sp³-hybridized carbons (Fsp3) is 0.583. The number of anilines is 1. The number of nitrogens with one attached hydrogen (secondary N) is 1. The van der Waals surface area contributed by atoms with Gasteiger partial charge < -0.3 is 5.32 Å². The van der Waals surface area contributed by atoms with E-state index < -0.39 is 0 Å². The molecule has 1 heterocycles. The van der Waals surface area contributed by atoms with Crippen molar-refractivity contribution in [2.24, 2.45) is 11.8 Å². The van der Waals surface area contributed by atoms with E-state index in [1.54, 1.807) is 0 Å². The van der Waals surface area contributed by atoms with Gasteiger partial charge in [0.1, 0.15) is 5.82 Å². The number of nitrogens with zero attached hydrogens (tertiary/aromatic N) is 1. The quantitative estimate of drug-likeness (QED) is 0.789. The highest BCUT2D eigenvalue weighted by molar-refractivity contribution is 5.35. The van der Waals surface area contributed by atoms with Crippen LogP contribution in [0.5, 0.6) is 0 Å². The van der Waals surface area contributed by atoms with Crippen LogP contribution >= 0.6 is 0 Å². The topological polar surface area (TPSA) is 24.9 Å². The van der Waals surface area contributed by atoms with Gasteiger partial charge in [0.2, 0.25) is 0 Å². The first kappa shape index (κ1) is 9.50. The summed E-state index contributed by atoms with van der Waals surface area (Å²) in [5.74, 6) is 2.76. The lowest BCUT2D eigenvalue weighted by Gasteiger charge is -2.11. The summed E-state index contributed by atoms with van der Waals surface area (Å²) in [6, 6.07) is 4.14. The van der Waals surface area contributed by atoms with E-state index >= 15 is 0 Å². The molecule has 0 radical (unpaired) electrons. The molecule has 1 aliphatic carbocycles. The van der Waals surface area contributed by atoms with Crippen LogP contribution in [0.4, 0.5) is 5.82 Å². The molecule has 0 amide bonds. The van der Waals surface area contributed by atoms with E-state index in [1.165, 1.54) is 18.4 Å². The Balaban J connectivity index is 1.82. The summed E-state index contributed by atoms with van der Waals surface area (Å²) in [4.78, 5) is 4.32. The van der Waals surface area contributed by atoms with Crippen molar-refractivity contribution >= 4 is 5.82 Å². The zero-order valence-electron chi connectivity index (χ0n) is 8.96. The highest BCUT2D eigenvalue weighted by Gasteiger charge is 2.27. The smallest absolute Gasteiger partial charge is 0.125 e. The molecule has 0 saturated heterocycles. The van der Waals surface area contributed by atoms with Crippen molar-refractivity contribution in [1.29, 1.82) is 0 Å². The standard InChI is InChI=1S/C12H18N2/c1-9-3-6-12(13-7-9)14-8-10(2)11-4-5-11/h3,6-7,10-11H,4-5,8H2,1-2H3,(H,13,14). The van der Waals surface area contributed by atoms with Crippen molar-refractivity contribution in [3.63, 3.8) is 0 Å². The van der Waals surface area contributed by atoms with Gasteiger partial charge in [0, 0.05) is 12.7 Å². The second-order valence-corrected chi connectivity index (χ2v) is 4.42. The fourth-order valence-corrected chi connectivity index (χ4v) is 1.67. The van der Waals surface area contributed by atoms with Gasteiger partial charge in [-0.15, -0.1) is 0 Å². The Morgan fingerprint density at radius 2 is 2.29 bits per heavy atom. The Morgan fingerprint density at radius 1 is 1.50 bits per heavy atom. The van der Waals surface area contributed by atoms with Gasteiger partial charge in [0.05, 0.1) is 0 Å². The predicted molar refractivity (Wildman–Crippen MR) is 59.4 cm³/mol. The summed E-state index contributed by atoms with van der Waals surface area (Å²) in [6.07, 6.45) is 4.75. The van der Waals surface area contributed by atoms with Gasteiger partial charge in [0.15, 0.2) is 0 Å². The van der Waals surface area contributed by atoms with Crippen LogP contribution in [-0.2, 0) is 0 Å². The largest absolute Gasteiger partial charge is 0.370 e. The third-order valence-corrected chi connectivity index (χ3v) is 2.94. The number of rotatable bonds is 4. The molecular weight excluding hydrogens is 172 g/mol. The molecule has 76 valence electrons. The van der Waals surface area contributed by atoms with Gasteiger partial charge in [0.25, 0.3) is 0 Å². The molecule has 2 nitrogen and oxygen atoms in total. The van der Waals surface area contributed by atoms with Crippen molar-refractivity contribution in [1.82, 2.24) is 4.98 Å². The van der Waals surface area contributed by atoms with Crippen molar-refractivity contribution in [2.75, 3.05) is 11.9 Å². The Kier molecular flexibility index (Phi) is 2.71. The molecule has 1 N–H and O–H groups in total. The minimum atomic E-state index is 0.790. The molecule has 2 heteroatoms. The van der Waals surface area contributed by atoms with Crippen LogP contribution < -0.4 is 5.32 Å². The van der Waals surface area contributed by atoms with Crippen LogP contribution in [0.15, 0.2) is 18.3 Å². The Morgan fingerprint density at radius 3 is 2.86 bits per heavy atom. The molecule has 0 aromatic carbocycles.